The second-order valence-corrected chi connectivity index (χ2v) is 11.6. The number of benzene rings is 2. The third-order valence-corrected chi connectivity index (χ3v) is 8.28. The molecular weight excluding hydrogens is 536 g/mol. The molecule has 2 aromatic rings. The lowest BCUT2D eigenvalue weighted by atomic mass is 9.80. The summed E-state index contributed by atoms with van der Waals surface area (Å²) >= 11 is 0. The number of amides is 3. The Morgan fingerprint density at radius 2 is 1.69 bits per heavy atom. The molecular formula is C32H44N4O6. The third-order valence-electron chi connectivity index (χ3n) is 8.28. The van der Waals surface area contributed by atoms with Gasteiger partial charge in [-0.15, -0.1) is 0 Å². The highest BCUT2D eigenvalue weighted by Gasteiger charge is 2.54. The number of rotatable bonds is 12. The summed E-state index contributed by atoms with van der Waals surface area (Å²) in [4.78, 5) is 43.1. The van der Waals surface area contributed by atoms with Gasteiger partial charge >= 0.3 is 0 Å². The van der Waals surface area contributed by atoms with Crippen molar-refractivity contribution in [3.8, 4) is 11.5 Å². The number of carbonyl (C=O) groups excluding carboxylic acids is 3. The monoisotopic (exact) mass is 580 g/mol. The Morgan fingerprint density at radius 3 is 2.26 bits per heavy atom. The molecule has 0 saturated carbocycles. The van der Waals surface area contributed by atoms with Gasteiger partial charge in [-0.3, -0.25) is 19.3 Å². The van der Waals surface area contributed by atoms with E-state index in [2.05, 4.69) is 22.5 Å². The molecule has 4 rings (SSSR count). The minimum Gasteiger partial charge on any atom is -0.457 e. The Hall–Kier alpha value is -3.47. The van der Waals surface area contributed by atoms with Crippen molar-refractivity contribution in [2.75, 3.05) is 32.8 Å². The van der Waals surface area contributed by atoms with Crippen LogP contribution in [-0.4, -0.2) is 88.2 Å². The number of hydrogen-bond donors (Lipinski definition) is 4. The standard InChI is InChI=1S/C32H44N4O6/c1-4-5-17-36-30(40)27(28(38)22(2)3)34-31(41)32(36)14-18-35(19-15-32)21-23-6-10-25(11-7-23)42-26-12-8-24(9-13-26)29(39)33-16-20-37/h6-13,22,27-28,37-38H,4-5,14-21H2,1-3H3,(H,33,39)(H,34,41)/t27-,28-/m1/s1. The van der Waals surface area contributed by atoms with Gasteiger partial charge in [0.05, 0.1) is 12.7 Å². The molecule has 0 unspecified atom stereocenters. The molecule has 0 aromatic heterocycles. The molecule has 3 amide bonds. The van der Waals surface area contributed by atoms with Crippen LogP contribution >= 0.6 is 0 Å². The molecule has 2 aromatic carbocycles. The van der Waals surface area contributed by atoms with E-state index in [9.17, 15) is 19.5 Å². The van der Waals surface area contributed by atoms with Crippen LogP contribution in [0.2, 0.25) is 0 Å². The van der Waals surface area contributed by atoms with Crippen LogP contribution in [-0.2, 0) is 16.1 Å². The molecule has 1 spiro atoms. The van der Waals surface area contributed by atoms with Crippen LogP contribution in [0.4, 0.5) is 0 Å². The Kier molecular flexibility index (Phi) is 10.6. The molecule has 2 fully saturated rings. The highest BCUT2D eigenvalue weighted by atomic mass is 16.5. The molecule has 2 atom stereocenters. The van der Waals surface area contributed by atoms with Crippen LogP contribution in [0.3, 0.4) is 0 Å². The van der Waals surface area contributed by atoms with Crippen molar-refractivity contribution in [1.29, 1.82) is 0 Å². The molecule has 2 heterocycles. The molecule has 4 N–H and O–H groups in total. The van der Waals surface area contributed by atoms with Crippen molar-refractivity contribution in [3.63, 3.8) is 0 Å². The first-order valence-electron chi connectivity index (χ1n) is 15.0. The molecule has 10 nitrogen and oxygen atoms in total. The van der Waals surface area contributed by atoms with Crippen molar-refractivity contribution in [1.82, 2.24) is 20.4 Å². The molecule has 0 aliphatic carbocycles. The van der Waals surface area contributed by atoms with Crippen LogP contribution in [0.1, 0.15) is 62.4 Å². The van der Waals surface area contributed by atoms with Gasteiger partial charge in [-0.05, 0) is 67.1 Å². The van der Waals surface area contributed by atoms with Crippen molar-refractivity contribution in [3.05, 3.63) is 59.7 Å². The van der Waals surface area contributed by atoms with Crippen molar-refractivity contribution in [2.24, 2.45) is 5.92 Å². The summed E-state index contributed by atoms with van der Waals surface area (Å²) in [6.45, 7) is 8.46. The maximum atomic E-state index is 13.5. The second kappa shape index (κ2) is 14.1. The van der Waals surface area contributed by atoms with Gasteiger partial charge in [0, 0.05) is 38.3 Å². The lowest BCUT2D eigenvalue weighted by Gasteiger charge is -2.52. The van der Waals surface area contributed by atoms with E-state index in [-0.39, 0.29) is 36.8 Å². The number of ether oxygens (including phenoxy) is 1. The first-order valence-corrected chi connectivity index (χ1v) is 15.0. The highest BCUT2D eigenvalue weighted by molar-refractivity contribution is 6.00. The van der Waals surface area contributed by atoms with Crippen molar-refractivity contribution in [2.45, 2.75) is 70.7 Å². The number of hydrogen-bond acceptors (Lipinski definition) is 7. The number of aliphatic hydroxyl groups excluding tert-OH is 2. The predicted molar refractivity (Wildman–Crippen MR) is 159 cm³/mol. The first kappa shape index (κ1) is 31.5. The van der Waals surface area contributed by atoms with Gasteiger partial charge < -0.3 is 30.5 Å². The summed E-state index contributed by atoms with van der Waals surface area (Å²) in [6, 6.07) is 13.8. The fourth-order valence-electron chi connectivity index (χ4n) is 5.68. The lowest BCUT2D eigenvalue weighted by Crippen LogP contribution is -2.74. The summed E-state index contributed by atoms with van der Waals surface area (Å²) < 4.78 is 5.94. The Morgan fingerprint density at radius 1 is 1.07 bits per heavy atom. The highest BCUT2D eigenvalue weighted by Crippen LogP contribution is 2.35. The Labute approximate surface area is 248 Å². The smallest absolute Gasteiger partial charge is 0.251 e. The number of piperidine rings is 1. The zero-order chi connectivity index (χ0) is 30.3. The molecule has 2 aliphatic rings. The fraction of sp³-hybridized carbons (Fsp3) is 0.531. The minimum atomic E-state index is -0.918. The largest absolute Gasteiger partial charge is 0.457 e. The van der Waals surface area contributed by atoms with E-state index < -0.39 is 17.7 Å². The predicted octanol–water partition coefficient (Wildman–Crippen LogP) is 2.68. The van der Waals surface area contributed by atoms with E-state index in [1.165, 1.54) is 0 Å². The van der Waals surface area contributed by atoms with Crippen molar-refractivity contribution >= 4 is 17.7 Å². The molecule has 42 heavy (non-hydrogen) atoms. The van der Waals surface area contributed by atoms with Crippen LogP contribution in [0.15, 0.2) is 48.5 Å². The van der Waals surface area contributed by atoms with E-state index in [0.717, 1.165) is 18.4 Å². The van der Waals surface area contributed by atoms with E-state index in [0.29, 0.717) is 56.1 Å². The maximum absolute atomic E-state index is 13.5. The molecule has 228 valence electrons. The average Bonchev–Trinajstić information content (AvgIpc) is 2.99. The number of aliphatic hydroxyl groups is 2. The summed E-state index contributed by atoms with van der Waals surface area (Å²) in [5, 5.41) is 25.0. The molecule has 2 saturated heterocycles. The first-order chi connectivity index (χ1) is 20.2. The fourth-order valence-corrected chi connectivity index (χ4v) is 5.68. The molecule has 2 aliphatic heterocycles. The number of carbonyl (C=O) groups is 3. The summed E-state index contributed by atoms with van der Waals surface area (Å²) in [5.41, 5.74) is 0.732. The minimum absolute atomic E-state index is 0.109. The summed E-state index contributed by atoms with van der Waals surface area (Å²) in [6.07, 6.45) is 1.91. The number of nitrogens with zero attached hydrogens (tertiary/aromatic N) is 2. The zero-order valence-electron chi connectivity index (χ0n) is 24.8. The molecule has 0 radical (unpaired) electrons. The van der Waals surface area contributed by atoms with Gasteiger partial charge in [0.2, 0.25) is 11.8 Å². The van der Waals surface area contributed by atoms with Gasteiger partial charge in [-0.25, -0.2) is 0 Å². The van der Waals surface area contributed by atoms with Crippen LogP contribution < -0.4 is 15.4 Å². The van der Waals surface area contributed by atoms with Crippen LogP contribution in [0.25, 0.3) is 0 Å². The van der Waals surface area contributed by atoms with Crippen molar-refractivity contribution < 1.29 is 29.3 Å². The van der Waals surface area contributed by atoms with E-state index in [1.807, 2.05) is 38.1 Å². The number of likely N-dealkylation sites (tertiary alicyclic amines) is 1. The molecule has 10 heteroatoms. The van der Waals surface area contributed by atoms with E-state index >= 15 is 0 Å². The lowest BCUT2D eigenvalue weighted by molar-refractivity contribution is -0.165. The van der Waals surface area contributed by atoms with Gasteiger partial charge in [0.15, 0.2) is 0 Å². The normalized spacial score (nSPS) is 19.6. The van der Waals surface area contributed by atoms with E-state index in [1.54, 1.807) is 29.2 Å². The Balaban J connectivity index is 1.34. The summed E-state index contributed by atoms with van der Waals surface area (Å²) in [7, 11) is 0. The average molecular weight is 581 g/mol. The van der Waals surface area contributed by atoms with Gasteiger partial charge in [-0.2, -0.15) is 0 Å². The Bertz CT molecular complexity index is 1210. The van der Waals surface area contributed by atoms with Gasteiger partial charge in [-0.1, -0.05) is 39.3 Å². The molecule has 0 bridgehead atoms. The zero-order valence-corrected chi connectivity index (χ0v) is 24.8. The summed E-state index contributed by atoms with van der Waals surface area (Å²) in [5.74, 6) is 0.573. The number of nitrogens with one attached hydrogen (secondary N) is 2. The SMILES string of the molecule is CCCCN1C(=O)[C@@H]([C@H](O)C(C)C)NC(=O)C12CCN(Cc1ccc(Oc3ccc(C(=O)NCCO)cc3)cc1)CC2. The van der Waals surface area contributed by atoms with Gasteiger partial charge in [0.1, 0.15) is 23.1 Å². The van der Waals surface area contributed by atoms with Crippen LogP contribution in [0.5, 0.6) is 11.5 Å². The topological polar surface area (TPSA) is 131 Å². The second-order valence-electron chi connectivity index (χ2n) is 11.6. The third kappa shape index (κ3) is 7.11. The van der Waals surface area contributed by atoms with Crippen LogP contribution in [0, 0.1) is 5.92 Å². The van der Waals surface area contributed by atoms with E-state index in [4.69, 9.17) is 9.84 Å². The number of piperazine rings is 1. The number of unbranched alkanes of at least 4 members (excludes halogenated alkanes) is 1. The maximum Gasteiger partial charge on any atom is 0.251 e. The van der Waals surface area contributed by atoms with Gasteiger partial charge in [0.25, 0.3) is 5.91 Å². The quantitative estimate of drug-likeness (QED) is 0.304.